The predicted molar refractivity (Wildman–Crippen MR) is 156 cm³/mol. The number of nitrogens with zero attached hydrogens (tertiary/aromatic N) is 5. The van der Waals surface area contributed by atoms with Gasteiger partial charge in [-0.2, -0.15) is 18.2 Å². The number of carbonyl (C=O) groups is 1. The van der Waals surface area contributed by atoms with Crippen LogP contribution in [0.1, 0.15) is 56.6 Å². The number of piperazine rings is 1. The number of hydrogen-bond acceptors (Lipinski definition) is 7. The van der Waals surface area contributed by atoms with Crippen molar-refractivity contribution in [3.05, 3.63) is 35.5 Å². The zero-order chi connectivity index (χ0) is 29.0. The largest absolute Gasteiger partial charge is 0.421 e. The highest BCUT2D eigenvalue weighted by atomic mass is 19.4. The molecule has 1 amide bonds. The van der Waals surface area contributed by atoms with Crippen molar-refractivity contribution in [2.75, 3.05) is 68.4 Å². The number of nitrogens with one attached hydrogen (secondary N) is 2. The second kappa shape index (κ2) is 12.8. The summed E-state index contributed by atoms with van der Waals surface area (Å²) >= 11 is 0. The van der Waals surface area contributed by atoms with Crippen molar-refractivity contribution in [1.82, 2.24) is 19.8 Å². The lowest BCUT2D eigenvalue weighted by Gasteiger charge is -2.36. The number of aryl methyl sites for hydroxylation is 1. The molecule has 1 aliphatic carbocycles. The summed E-state index contributed by atoms with van der Waals surface area (Å²) in [5, 5.41) is 6.03. The average molecular weight is 574 g/mol. The van der Waals surface area contributed by atoms with Crippen molar-refractivity contribution >= 4 is 29.0 Å². The SMILES string of the molecule is CCc1cc(N2CCN(C)CC2)ccc1Nc1ncc(C(F)(F)F)c(NCCCN2CC3CCCCC(C3)C2=O)n1. The lowest BCUT2D eigenvalue weighted by molar-refractivity contribution is -0.140. The van der Waals surface area contributed by atoms with E-state index in [9.17, 15) is 18.0 Å². The molecule has 8 nitrogen and oxygen atoms in total. The summed E-state index contributed by atoms with van der Waals surface area (Å²) in [7, 11) is 2.12. The Morgan fingerprint density at radius 1 is 1.10 bits per heavy atom. The van der Waals surface area contributed by atoms with Crippen molar-refractivity contribution in [3.63, 3.8) is 0 Å². The van der Waals surface area contributed by atoms with E-state index in [1.54, 1.807) is 0 Å². The van der Waals surface area contributed by atoms with Crippen LogP contribution >= 0.6 is 0 Å². The summed E-state index contributed by atoms with van der Waals surface area (Å²) < 4.78 is 41.4. The molecular weight excluding hydrogens is 531 g/mol. The Morgan fingerprint density at radius 2 is 1.88 bits per heavy atom. The van der Waals surface area contributed by atoms with Crippen molar-refractivity contribution in [3.8, 4) is 0 Å². The third-order valence-electron chi connectivity index (χ3n) is 8.75. The highest BCUT2D eigenvalue weighted by Gasteiger charge is 2.36. The molecule has 3 heterocycles. The Morgan fingerprint density at radius 3 is 2.63 bits per heavy atom. The standard InChI is InChI=1S/C30H42F3N7O/c1-3-22-18-24(39-15-13-38(2)14-16-39)9-10-26(22)36-29-35-19-25(30(31,32)33)27(37-29)34-11-6-12-40-20-21-7-4-5-8-23(17-21)28(40)41/h9-10,18-19,21,23H,3-8,11-17,20H2,1-2H3,(H2,34,35,36,37). The lowest BCUT2D eigenvalue weighted by Crippen LogP contribution is -2.45. The van der Waals surface area contributed by atoms with Gasteiger partial charge in [-0.3, -0.25) is 4.79 Å². The molecule has 3 aliphatic rings. The van der Waals surface area contributed by atoms with E-state index in [0.717, 1.165) is 88.0 Å². The highest BCUT2D eigenvalue weighted by molar-refractivity contribution is 5.79. The van der Waals surface area contributed by atoms with Gasteiger partial charge >= 0.3 is 6.18 Å². The number of likely N-dealkylation sites (tertiary alicyclic amines) is 1. The second-order valence-electron chi connectivity index (χ2n) is 11.7. The van der Waals surface area contributed by atoms with Crippen molar-refractivity contribution in [2.24, 2.45) is 11.8 Å². The zero-order valence-corrected chi connectivity index (χ0v) is 24.1. The summed E-state index contributed by atoms with van der Waals surface area (Å²) in [6, 6.07) is 6.12. The molecular formula is C30H42F3N7O. The first-order chi connectivity index (χ1) is 19.7. The molecule has 2 saturated heterocycles. The van der Waals surface area contributed by atoms with Crippen molar-refractivity contribution in [2.45, 2.75) is 58.0 Å². The van der Waals surface area contributed by atoms with E-state index in [-0.39, 0.29) is 30.1 Å². The smallest absolute Gasteiger partial charge is 0.369 e. The topological polar surface area (TPSA) is 76.6 Å². The Labute approximate surface area is 240 Å². The molecule has 11 heteroatoms. The van der Waals surface area contributed by atoms with Crippen LogP contribution in [0.5, 0.6) is 0 Å². The Hall–Kier alpha value is -3.08. The van der Waals surface area contributed by atoms with E-state index in [2.05, 4.69) is 50.4 Å². The Balaban J connectivity index is 1.24. The summed E-state index contributed by atoms with van der Waals surface area (Å²) in [4.78, 5) is 27.7. The molecule has 1 aromatic carbocycles. The van der Waals surface area contributed by atoms with Gasteiger partial charge in [0.05, 0.1) is 0 Å². The quantitative estimate of drug-likeness (QED) is 0.390. The van der Waals surface area contributed by atoms with Gasteiger partial charge in [0.15, 0.2) is 0 Å². The first-order valence-electron chi connectivity index (χ1n) is 15.0. The molecule has 3 fully saturated rings. The molecule has 2 N–H and O–H groups in total. The summed E-state index contributed by atoms with van der Waals surface area (Å²) in [5.41, 5.74) is 2.07. The fourth-order valence-electron chi connectivity index (χ4n) is 6.35. The van der Waals surface area contributed by atoms with E-state index in [4.69, 9.17) is 0 Å². The maximum absolute atomic E-state index is 13.8. The number of anilines is 4. The van der Waals surface area contributed by atoms with Crippen molar-refractivity contribution < 1.29 is 18.0 Å². The maximum Gasteiger partial charge on any atom is 0.421 e. The maximum atomic E-state index is 13.8. The van der Waals surface area contributed by atoms with Crippen LogP contribution in [-0.4, -0.2) is 78.5 Å². The van der Waals surface area contributed by atoms with Crippen LogP contribution in [0.4, 0.5) is 36.3 Å². The predicted octanol–water partition coefficient (Wildman–Crippen LogP) is 5.39. The molecule has 224 valence electrons. The highest BCUT2D eigenvalue weighted by Crippen LogP contribution is 2.36. The molecule has 41 heavy (non-hydrogen) atoms. The minimum atomic E-state index is -4.59. The third kappa shape index (κ3) is 7.23. The van der Waals surface area contributed by atoms with Crippen LogP contribution in [0.15, 0.2) is 24.4 Å². The van der Waals surface area contributed by atoms with Crippen LogP contribution in [0.3, 0.4) is 0 Å². The van der Waals surface area contributed by atoms with E-state index in [1.165, 1.54) is 6.42 Å². The van der Waals surface area contributed by atoms with Crippen LogP contribution in [0, 0.1) is 11.8 Å². The van der Waals surface area contributed by atoms with Gasteiger partial charge in [-0.1, -0.05) is 19.8 Å². The van der Waals surface area contributed by atoms with Gasteiger partial charge in [0.2, 0.25) is 11.9 Å². The van der Waals surface area contributed by atoms with Gasteiger partial charge in [-0.25, -0.2) is 4.98 Å². The lowest BCUT2D eigenvalue weighted by atomic mass is 9.87. The molecule has 0 spiro atoms. The molecule has 0 radical (unpaired) electrons. The van der Waals surface area contributed by atoms with Crippen molar-refractivity contribution in [1.29, 1.82) is 0 Å². The van der Waals surface area contributed by atoms with Gasteiger partial charge in [-0.15, -0.1) is 0 Å². The van der Waals surface area contributed by atoms with Gasteiger partial charge in [-0.05, 0) is 68.8 Å². The van der Waals surface area contributed by atoms with Gasteiger partial charge in [0.25, 0.3) is 0 Å². The molecule has 1 saturated carbocycles. The van der Waals surface area contributed by atoms with E-state index in [1.807, 2.05) is 17.0 Å². The summed E-state index contributed by atoms with van der Waals surface area (Å²) in [6.45, 7) is 7.55. The molecule has 2 aliphatic heterocycles. The van der Waals surface area contributed by atoms with Gasteiger partial charge in [0, 0.05) is 69.3 Å². The first kappa shape index (κ1) is 29.4. The average Bonchev–Trinajstić information content (AvgIpc) is 3.16. The number of hydrogen-bond donors (Lipinski definition) is 2. The van der Waals surface area contributed by atoms with Crippen LogP contribution in [0.25, 0.3) is 0 Å². The minimum Gasteiger partial charge on any atom is -0.369 e. The third-order valence-corrected chi connectivity index (χ3v) is 8.75. The number of rotatable bonds is 9. The number of fused-ring (bicyclic) bond motifs is 2. The van der Waals surface area contributed by atoms with E-state index >= 15 is 0 Å². The number of benzene rings is 1. The zero-order valence-electron chi connectivity index (χ0n) is 24.1. The summed E-state index contributed by atoms with van der Waals surface area (Å²) in [5.74, 6) is 0.723. The number of piperidine rings is 1. The van der Waals surface area contributed by atoms with Crippen LogP contribution in [-0.2, 0) is 17.4 Å². The minimum absolute atomic E-state index is 0.109. The van der Waals surface area contributed by atoms with E-state index < -0.39 is 11.7 Å². The first-order valence-corrected chi connectivity index (χ1v) is 15.0. The second-order valence-corrected chi connectivity index (χ2v) is 11.7. The Bertz CT molecular complexity index is 1200. The molecule has 1 aromatic heterocycles. The number of likely N-dealkylation sites (N-methyl/N-ethyl adjacent to an activating group) is 1. The summed E-state index contributed by atoms with van der Waals surface area (Å²) in [6.07, 6.45) is 2.92. The van der Waals surface area contributed by atoms with Crippen LogP contribution < -0.4 is 15.5 Å². The van der Waals surface area contributed by atoms with E-state index in [0.29, 0.717) is 18.9 Å². The number of alkyl halides is 3. The van der Waals surface area contributed by atoms with Crippen LogP contribution in [0.2, 0.25) is 0 Å². The monoisotopic (exact) mass is 573 g/mol. The number of amides is 1. The number of halogens is 3. The van der Waals surface area contributed by atoms with Gasteiger partial charge in [0.1, 0.15) is 11.4 Å². The Kier molecular flexibility index (Phi) is 9.21. The number of carbonyl (C=O) groups excluding carboxylic acids is 1. The molecule has 2 bridgehead atoms. The molecule has 2 unspecified atom stereocenters. The fourth-order valence-corrected chi connectivity index (χ4v) is 6.35. The normalized spacial score (nSPS) is 22.0. The van der Waals surface area contributed by atoms with Gasteiger partial charge < -0.3 is 25.3 Å². The molecule has 2 atom stereocenters. The fraction of sp³-hybridized carbons (Fsp3) is 0.633. The number of aromatic nitrogens is 2. The molecule has 5 rings (SSSR count). The molecule has 2 aromatic rings.